The van der Waals surface area contributed by atoms with Crippen molar-refractivity contribution in [3.63, 3.8) is 0 Å². The number of hydrogen-bond acceptors (Lipinski definition) is 2. The highest BCUT2D eigenvalue weighted by Crippen LogP contribution is 2.49. The fraction of sp³-hybridized carbons (Fsp3) is 0.0465. The number of rotatable bonds is 8. The SMILES string of the molecule is O=C1C=CC=C1c1cc(-c2ccccc2)c(-c2ccc(CCc3ccc(O)cc3)cc2)c(-c2ccccc2)c1-c1ccccc1. The van der Waals surface area contributed by atoms with Gasteiger partial charge in [0.2, 0.25) is 0 Å². The Bertz CT molecular complexity index is 2020. The van der Waals surface area contributed by atoms with Crippen LogP contribution >= 0.6 is 0 Å². The third-order valence-corrected chi connectivity index (χ3v) is 8.48. The average molecular weight is 581 g/mol. The number of ketones is 1. The minimum Gasteiger partial charge on any atom is -0.508 e. The molecule has 1 aliphatic rings. The van der Waals surface area contributed by atoms with Gasteiger partial charge in [0.1, 0.15) is 5.75 Å². The van der Waals surface area contributed by atoms with E-state index in [0.717, 1.165) is 62.9 Å². The van der Waals surface area contributed by atoms with Crippen LogP contribution in [-0.4, -0.2) is 10.9 Å². The number of benzene rings is 6. The van der Waals surface area contributed by atoms with Gasteiger partial charge in [-0.3, -0.25) is 4.79 Å². The molecule has 0 unspecified atom stereocenters. The van der Waals surface area contributed by atoms with Crippen molar-refractivity contribution in [3.8, 4) is 50.3 Å². The van der Waals surface area contributed by atoms with E-state index >= 15 is 0 Å². The standard InChI is InChI=1S/C43H32O2/c44-36-27-23-31(24-28-36)20-19-30-21-25-35(26-22-30)41-38(32-11-4-1-5-12-32)29-39(37-17-10-18-40(37)45)42(33-13-6-2-7-14-33)43(41)34-15-8-3-9-16-34/h1-18,21-29,44H,19-20H2. The zero-order chi connectivity index (χ0) is 30.6. The van der Waals surface area contributed by atoms with Gasteiger partial charge in [-0.2, -0.15) is 0 Å². The van der Waals surface area contributed by atoms with Crippen LogP contribution in [0.4, 0.5) is 0 Å². The molecule has 0 amide bonds. The highest BCUT2D eigenvalue weighted by Gasteiger charge is 2.26. The zero-order valence-corrected chi connectivity index (χ0v) is 24.9. The Labute approximate surface area is 264 Å². The van der Waals surface area contributed by atoms with Crippen molar-refractivity contribution in [2.45, 2.75) is 12.8 Å². The normalized spacial score (nSPS) is 12.4. The number of phenols is 1. The highest BCUT2D eigenvalue weighted by atomic mass is 16.3. The fourth-order valence-electron chi connectivity index (χ4n) is 6.25. The fourth-order valence-corrected chi connectivity index (χ4v) is 6.25. The van der Waals surface area contributed by atoms with Crippen molar-refractivity contribution in [1.29, 1.82) is 0 Å². The molecule has 0 heterocycles. The lowest BCUT2D eigenvalue weighted by Crippen LogP contribution is -2.03. The summed E-state index contributed by atoms with van der Waals surface area (Å²) >= 11 is 0. The molecule has 0 spiro atoms. The molecule has 2 heteroatoms. The van der Waals surface area contributed by atoms with E-state index in [0.29, 0.717) is 5.57 Å². The number of aryl methyl sites for hydroxylation is 2. The van der Waals surface area contributed by atoms with E-state index in [1.165, 1.54) is 11.1 Å². The Kier molecular flexibility index (Phi) is 7.78. The summed E-state index contributed by atoms with van der Waals surface area (Å²) < 4.78 is 0. The third-order valence-electron chi connectivity index (χ3n) is 8.48. The highest BCUT2D eigenvalue weighted by molar-refractivity contribution is 6.30. The van der Waals surface area contributed by atoms with E-state index in [1.807, 2.05) is 42.5 Å². The molecule has 1 aliphatic carbocycles. The van der Waals surface area contributed by atoms with E-state index in [-0.39, 0.29) is 11.5 Å². The number of aromatic hydroxyl groups is 1. The van der Waals surface area contributed by atoms with Gasteiger partial charge >= 0.3 is 0 Å². The first-order valence-corrected chi connectivity index (χ1v) is 15.3. The van der Waals surface area contributed by atoms with Gasteiger partial charge in [-0.1, -0.05) is 140 Å². The maximum Gasteiger partial charge on any atom is 0.186 e. The molecule has 7 rings (SSSR count). The van der Waals surface area contributed by atoms with Crippen LogP contribution in [0, 0.1) is 0 Å². The molecule has 0 bridgehead atoms. The van der Waals surface area contributed by atoms with Crippen molar-refractivity contribution < 1.29 is 9.90 Å². The lowest BCUT2D eigenvalue weighted by Gasteiger charge is -2.24. The summed E-state index contributed by atoms with van der Waals surface area (Å²) in [7, 11) is 0. The molecule has 0 radical (unpaired) electrons. The number of allylic oxidation sites excluding steroid dienone is 4. The Morgan fingerprint density at radius 1 is 0.467 bits per heavy atom. The minimum absolute atomic E-state index is 0.0240. The van der Waals surface area contributed by atoms with Crippen LogP contribution in [0.25, 0.3) is 50.1 Å². The first-order valence-electron chi connectivity index (χ1n) is 15.3. The van der Waals surface area contributed by atoms with Gasteiger partial charge in [0.25, 0.3) is 0 Å². The van der Waals surface area contributed by atoms with Crippen LogP contribution in [0.2, 0.25) is 0 Å². The van der Waals surface area contributed by atoms with Crippen LogP contribution in [0.3, 0.4) is 0 Å². The molecule has 0 atom stereocenters. The van der Waals surface area contributed by atoms with E-state index in [1.54, 1.807) is 18.2 Å². The molecule has 2 nitrogen and oxygen atoms in total. The van der Waals surface area contributed by atoms with E-state index < -0.39 is 0 Å². The van der Waals surface area contributed by atoms with Crippen LogP contribution < -0.4 is 0 Å². The lowest BCUT2D eigenvalue weighted by molar-refractivity contribution is -0.109. The Hall–Kier alpha value is -5.73. The smallest absolute Gasteiger partial charge is 0.186 e. The van der Waals surface area contributed by atoms with Crippen LogP contribution in [0.15, 0.2) is 164 Å². The molecular formula is C43H32O2. The second-order valence-corrected chi connectivity index (χ2v) is 11.4. The zero-order valence-electron chi connectivity index (χ0n) is 24.9. The molecule has 45 heavy (non-hydrogen) atoms. The predicted molar refractivity (Wildman–Crippen MR) is 186 cm³/mol. The second-order valence-electron chi connectivity index (χ2n) is 11.4. The number of phenolic OH excluding ortho intramolecular Hbond substituents is 1. The maximum atomic E-state index is 13.3. The Balaban J connectivity index is 1.47. The summed E-state index contributed by atoms with van der Waals surface area (Å²) in [6.45, 7) is 0. The molecule has 0 fully saturated rings. The van der Waals surface area contributed by atoms with Crippen LogP contribution in [0.1, 0.15) is 16.7 Å². The Morgan fingerprint density at radius 3 is 1.47 bits per heavy atom. The summed E-state index contributed by atoms with van der Waals surface area (Å²) in [5.41, 5.74) is 12.9. The maximum absolute atomic E-state index is 13.3. The van der Waals surface area contributed by atoms with E-state index in [4.69, 9.17) is 0 Å². The number of hydrogen-bond donors (Lipinski definition) is 1. The van der Waals surface area contributed by atoms with Crippen molar-refractivity contribution in [2.24, 2.45) is 0 Å². The first kappa shape index (κ1) is 28.1. The van der Waals surface area contributed by atoms with Gasteiger partial charge in [-0.05, 0) is 98.3 Å². The van der Waals surface area contributed by atoms with Crippen molar-refractivity contribution in [3.05, 3.63) is 181 Å². The average Bonchev–Trinajstić information content (AvgIpc) is 3.54. The van der Waals surface area contributed by atoms with Crippen molar-refractivity contribution in [1.82, 2.24) is 0 Å². The van der Waals surface area contributed by atoms with Gasteiger partial charge in [0.05, 0.1) is 0 Å². The first-order chi connectivity index (χ1) is 22.2. The largest absolute Gasteiger partial charge is 0.508 e. The Morgan fingerprint density at radius 2 is 0.933 bits per heavy atom. The topological polar surface area (TPSA) is 37.3 Å². The molecule has 6 aromatic rings. The monoisotopic (exact) mass is 580 g/mol. The quantitative estimate of drug-likeness (QED) is 0.194. The molecule has 0 saturated carbocycles. The van der Waals surface area contributed by atoms with Crippen LogP contribution in [0.5, 0.6) is 5.75 Å². The predicted octanol–water partition coefficient (Wildman–Crippen LogP) is 10.4. The molecule has 0 aromatic heterocycles. The van der Waals surface area contributed by atoms with Gasteiger partial charge in [-0.25, -0.2) is 0 Å². The molecular weight excluding hydrogens is 548 g/mol. The summed E-state index contributed by atoms with van der Waals surface area (Å²) in [5, 5.41) is 9.65. The third kappa shape index (κ3) is 5.79. The van der Waals surface area contributed by atoms with Gasteiger partial charge < -0.3 is 5.11 Å². The summed E-state index contributed by atoms with van der Waals surface area (Å²) in [5.74, 6) is 0.313. The molecule has 216 valence electrons. The van der Waals surface area contributed by atoms with Gasteiger partial charge in [0.15, 0.2) is 5.78 Å². The molecule has 0 aliphatic heterocycles. The number of carbonyl (C=O) groups excluding carboxylic acids is 1. The summed E-state index contributed by atoms with van der Waals surface area (Å²) in [6.07, 6.45) is 7.24. The number of carbonyl (C=O) groups is 1. The summed E-state index contributed by atoms with van der Waals surface area (Å²) in [6, 6.07) is 50.0. The van der Waals surface area contributed by atoms with E-state index in [2.05, 4.69) is 103 Å². The minimum atomic E-state index is 0.0240. The van der Waals surface area contributed by atoms with Gasteiger partial charge in [0, 0.05) is 5.57 Å². The van der Waals surface area contributed by atoms with Crippen molar-refractivity contribution >= 4 is 11.4 Å². The molecule has 0 saturated heterocycles. The lowest BCUT2D eigenvalue weighted by atomic mass is 9.78. The van der Waals surface area contributed by atoms with E-state index in [9.17, 15) is 9.90 Å². The molecule has 1 N–H and O–H groups in total. The summed E-state index contributed by atoms with van der Waals surface area (Å²) in [4.78, 5) is 13.3. The van der Waals surface area contributed by atoms with Crippen molar-refractivity contribution in [2.75, 3.05) is 0 Å². The van der Waals surface area contributed by atoms with Crippen LogP contribution in [-0.2, 0) is 17.6 Å². The van der Waals surface area contributed by atoms with Gasteiger partial charge in [-0.15, -0.1) is 0 Å². The second kappa shape index (κ2) is 12.5. The molecule has 6 aromatic carbocycles.